The minimum atomic E-state index is -0.294. The Bertz CT molecular complexity index is 1240. The van der Waals surface area contributed by atoms with Crippen molar-refractivity contribution in [1.29, 1.82) is 0 Å². The van der Waals surface area contributed by atoms with Crippen LogP contribution in [0, 0.1) is 6.92 Å². The van der Waals surface area contributed by atoms with Gasteiger partial charge in [-0.15, -0.1) is 0 Å². The van der Waals surface area contributed by atoms with E-state index in [0.29, 0.717) is 22.7 Å². The number of aryl methyl sites for hydroxylation is 1. The van der Waals surface area contributed by atoms with E-state index in [1.165, 1.54) is 0 Å². The summed E-state index contributed by atoms with van der Waals surface area (Å²) in [6.07, 6.45) is 0. The van der Waals surface area contributed by atoms with E-state index in [4.69, 9.17) is 9.47 Å². The summed E-state index contributed by atoms with van der Waals surface area (Å²) in [7, 11) is 0. The molecule has 4 rings (SSSR count). The minimum absolute atomic E-state index is 0.156. The first-order valence-corrected chi connectivity index (χ1v) is 10.8. The third-order valence-corrected chi connectivity index (χ3v) is 4.91. The summed E-state index contributed by atoms with van der Waals surface area (Å²) in [5.41, 5.74) is 2.98. The Labute approximate surface area is 198 Å². The van der Waals surface area contributed by atoms with E-state index in [2.05, 4.69) is 10.6 Å². The van der Waals surface area contributed by atoms with Crippen LogP contribution in [0.3, 0.4) is 0 Å². The Hall–Kier alpha value is -4.58. The number of hydrogen-bond donors (Lipinski definition) is 2. The quantitative estimate of drug-likeness (QED) is 0.341. The Kier molecular flexibility index (Phi) is 7.20. The molecule has 0 spiro atoms. The van der Waals surface area contributed by atoms with Gasteiger partial charge in [0, 0.05) is 16.9 Å². The van der Waals surface area contributed by atoms with Gasteiger partial charge in [0.15, 0.2) is 6.61 Å². The van der Waals surface area contributed by atoms with E-state index in [9.17, 15) is 9.59 Å². The first-order chi connectivity index (χ1) is 16.5. The summed E-state index contributed by atoms with van der Waals surface area (Å²) >= 11 is 0. The van der Waals surface area contributed by atoms with Gasteiger partial charge in [-0.05, 0) is 79.7 Å². The number of ether oxygens (including phenoxy) is 2. The van der Waals surface area contributed by atoms with Gasteiger partial charge in [-0.2, -0.15) is 0 Å². The second kappa shape index (κ2) is 10.8. The Balaban J connectivity index is 1.24. The molecule has 0 aromatic heterocycles. The molecule has 34 heavy (non-hydrogen) atoms. The Morgan fingerprint density at radius 3 is 1.88 bits per heavy atom. The van der Waals surface area contributed by atoms with Crippen LogP contribution in [-0.2, 0) is 4.79 Å². The van der Waals surface area contributed by atoms with Gasteiger partial charge in [0.2, 0.25) is 0 Å². The monoisotopic (exact) mass is 452 g/mol. The molecule has 6 nitrogen and oxygen atoms in total. The normalized spacial score (nSPS) is 10.3. The topological polar surface area (TPSA) is 76.7 Å². The van der Waals surface area contributed by atoms with E-state index < -0.39 is 0 Å². The number of benzene rings is 4. The zero-order valence-electron chi connectivity index (χ0n) is 18.7. The lowest BCUT2D eigenvalue weighted by molar-refractivity contribution is -0.118. The molecule has 2 amide bonds. The van der Waals surface area contributed by atoms with Crippen LogP contribution in [-0.4, -0.2) is 18.4 Å². The largest absolute Gasteiger partial charge is 0.484 e. The lowest BCUT2D eigenvalue weighted by atomic mass is 10.2. The van der Waals surface area contributed by atoms with Gasteiger partial charge in [-0.25, -0.2) is 0 Å². The summed E-state index contributed by atoms with van der Waals surface area (Å²) in [6.45, 7) is 1.83. The molecule has 0 fully saturated rings. The fraction of sp³-hybridized carbons (Fsp3) is 0.0714. The molecule has 2 N–H and O–H groups in total. The molecule has 170 valence electrons. The predicted molar refractivity (Wildman–Crippen MR) is 133 cm³/mol. The van der Waals surface area contributed by atoms with Crippen molar-refractivity contribution in [3.63, 3.8) is 0 Å². The molecule has 0 heterocycles. The average Bonchev–Trinajstić information content (AvgIpc) is 2.86. The first-order valence-electron chi connectivity index (χ1n) is 10.8. The Morgan fingerprint density at radius 1 is 0.647 bits per heavy atom. The molecule has 6 heteroatoms. The zero-order valence-corrected chi connectivity index (χ0v) is 18.7. The molecular formula is C28H24N2O4. The van der Waals surface area contributed by atoms with Crippen LogP contribution in [0.1, 0.15) is 15.9 Å². The second-order valence-corrected chi connectivity index (χ2v) is 7.62. The van der Waals surface area contributed by atoms with Crippen LogP contribution in [0.25, 0.3) is 0 Å². The molecule has 0 saturated heterocycles. The van der Waals surface area contributed by atoms with Gasteiger partial charge in [0.1, 0.15) is 17.2 Å². The van der Waals surface area contributed by atoms with Crippen LogP contribution in [0.5, 0.6) is 17.2 Å². The molecule has 0 radical (unpaired) electrons. The van der Waals surface area contributed by atoms with Crippen molar-refractivity contribution in [3.05, 3.63) is 114 Å². The number of hydrogen-bond acceptors (Lipinski definition) is 4. The molecule has 0 unspecified atom stereocenters. The molecule has 0 bridgehead atoms. The molecule has 4 aromatic carbocycles. The number of rotatable bonds is 8. The van der Waals surface area contributed by atoms with Gasteiger partial charge in [-0.3, -0.25) is 9.59 Å². The van der Waals surface area contributed by atoms with E-state index in [1.54, 1.807) is 48.5 Å². The average molecular weight is 453 g/mol. The number of anilines is 2. The number of carbonyl (C=O) groups is 2. The van der Waals surface area contributed by atoms with Crippen LogP contribution < -0.4 is 20.1 Å². The highest BCUT2D eigenvalue weighted by atomic mass is 16.5. The number of nitrogens with one attached hydrogen (secondary N) is 2. The summed E-state index contributed by atoms with van der Waals surface area (Å²) in [6, 6.07) is 30.8. The molecule has 4 aromatic rings. The molecule has 0 aliphatic heterocycles. The fourth-order valence-corrected chi connectivity index (χ4v) is 3.12. The molecular weight excluding hydrogens is 428 g/mol. The van der Waals surface area contributed by atoms with Gasteiger partial charge in [-0.1, -0.05) is 35.9 Å². The third-order valence-electron chi connectivity index (χ3n) is 4.91. The SMILES string of the molecule is Cc1ccc(NC(=O)c2ccc(OCC(=O)Nc3ccc(Oc4ccccc4)cc3)cc2)cc1. The maximum Gasteiger partial charge on any atom is 0.262 e. The van der Waals surface area contributed by atoms with Crippen LogP contribution >= 0.6 is 0 Å². The van der Waals surface area contributed by atoms with E-state index in [-0.39, 0.29) is 18.4 Å². The second-order valence-electron chi connectivity index (χ2n) is 7.62. The minimum Gasteiger partial charge on any atom is -0.484 e. The number of carbonyl (C=O) groups excluding carboxylic acids is 2. The fourth-order valence-electron chi connectivity index (χ4n) is 3.12. The summed E-state index contributed by atoms with van der Waals surface area (Å²) in [5, 5.41) is 5.63. The molecule has 0 aliphatic rings. The lowest BCUT2D eigenvalue weighted by Gasteiger charge is -2.10. The summed E-state index contributed by atoms with van der Waals surface area (Å²) < 4.78 is 11.3. The van der Waals surface area contributed by atoms with Gasteiger partial charge < -0.3 is 20.1 Å². The van der Waals surface area contributed by atoms with Gasteiger partial charge >= 0.3 is 0 Å². The van der Waals surface area contributed by atoms with Crippen molar-refractivity contribution >= 4 is 23.2 Å². The van der Waals surface area contributed by atoms with Crippen molar-refractivity contribution in [3.8, 4) is 17.2 Å². The molecule has 0 atom stereocenters. The maximum absolute atomic E-state index is 12.4. The number of para-hydroxylation sites is 1. The van der Waals surface area contributed by atoms with Crippen molar-refractivity contribution in [2.24, 2.45) is 0 Å². The van der Waals surface area contributed by atoms with Gasteiger partial charge in [0.05, 0.1) is 0 Å². The highest BCUT2D eigenvalue weighted by Gasteiger charge is 2.08. The lowest BCUT2D eigenvalue weighted by Crippen LogP contribution is -2.20. The Morgan fingerprint density at radius 2 is 1.21 bits per heavy atom. The standard InChI is InChI=1S/C28H24N2O4/c1-20-7-11-23(12-8-20)30-28(32)21-9-15-24(16-10-21)33-19-27(31)29-22-13-17-26(18-14-22)34-25-5-3-2-4-6-25/h2-18H,19H2,1H3,(H,29,31)(H,30,32). The zero-order chi connectivity index (χ0) is 23.8. The maximum atomic E-state index is 12.4. The molecule has 0 saturated carbocycles. The predicted octanol–water partition coefficient (Wildman–Crippen LogP) is 6.06. The summed E-state index contributed by atoms with van der Waals surface area (Å²) in [5.74, 6) is 1.40. The third kappa shape index (κ3) is 6.46. The van der Waals surface area contributed by atoms with Gasteiger partial charge in [0.25, 0.3) is 11.8 Å². The van der Waals surface area contributed by atoms with Crippen molar-refractivity contribution in [1.82, 2.24) is 0 Å². The van der Waals surface area contributed by atoms with E-state index in [1.807, 2.05) is 61.5 Å². The van der Waals surface area contributed by atoms with E-state index >= 15 is 0 Å². The van der Waals surface area contributed by atoms with Crippen molar-refractivity contribution < 1.29 is 19.1 Å². The molecule has 0 aliphatic carbocycles. The highest BCUT2D eigenvalue weighted by molar-refractivity contribution is 6.04. The van der Waals surface area contributed by atoms with Crippen LogP contribution in [0.2, 0.25) is 0 Å². The summed E-state index contributed by atoms with van der Waals surface area (Å²) in [4.78, 5) is 24.6. The van der Waals surface area contributed by atoms with Crippen molar-refractivity contribution in [2.75, 3.05) is 17.2 Å². The first kappa shape index (κ1) is 22.6. The van der Waals surface area contributed by atoms with E-state index in [0.717, 1.165) is 17.0 Å². The van der Waals surface area contributed by atoms with Crippen LogP contribution in [0.15, 0.2) is 103 Å². The number of amides is 2. The smallest absolute Gasteiger partial charge is 0.262 e. The van der Waals surface area contributed by atoms with Crippen LogP contribution in [0.4, 0.5) is 11.4 Å². The highest BCUT2D eigenvalue weighted by Crippen LogP contribution is 2.22. The van der Waals surface area contributed by atoms with Crippen molar-refractivity contribution in [2.45, 2.75) is 6.92 Å².